The molecular formula is C50H46ClF2N9O9. The fraction of sp³-hybridized carbons (Fsp3) is 0.260. The largest absolute Gasteiger partial charge is 0.486 e. The fourth-order valence-electron chi connectivity index (χ4n) is 8.21. The van der Waals surface area contributed by atoms with Crippen LogP contribution in [0.15, 0.2) is 91.3 Å². The average Bonchev–Trinajstić information content (AvgIpc) is 4.14. The molecule has 71 heavy (non-hydrogen) atoms. The van der Waals surface area contributed by atoms with Crippen molar-refractivity contribution in [2.45, 2.75) is 57.7 Å². The van der Waals surface area contributed by atoms with Gasteiger partial charge in [0.2, 0.25) is 5.91 Å². The molecule has 4 aromatic carbocycles. The van der Waals surface area contributed by atoms with E-state index < -0.39 is 65.9 Å². The summed E-state index contributed by atoms with van der Waals surface area (Å²) in [6, 6.07) is 16.6. The van der Waals surface area contributed by atoms with Crippen molar-refractivity contribution in [3.8, 4) is 17.0 Å². The summed E-state index contributed by atoms with van der Waals surface area (Å²) in [5.41, 5.74) is 9.28. The second-order valence-electron chi connectivity index (χ2n) is 17.1. The molecule has 0 radical (unpaired) electrons. The van der Waals surface area contributed by atoms with Gasteiger partial charge in [0.25, 0.3) is 23.6 Å². The van der Waals surface area contributed by atoms with Crippen molar-refractivity contribution in [2.24, 2.45) is 0 Å². The molecule has 8 amide bonds. The van der Waals surface area contributed by atoms with Crippen molar-refractivity contribution in [1.82, 2.24) is 30.0 Å². The van der Waals surface area contributed by atoms with E-state index in [1.54, 1.807) is 55.5 Å². The molecule has 2 aliphatic heterocycles. The molecule has 1 atom stereocenters. The van der Waals surface area contributed by atoms with Crippen LogP contribution in [0.2, 0.25) is 5.02 Å². The monoisotopic (exact) mass is 989 g/mol. The van der Waals surface area contributed by atoms with E-state index in [0.29, 0.717) is 37.9 Å². The number of fused-ring (bicyclic) bond motifs is 1. The Hall–Kier alpha value is -8.26. The molecule has 0 bridgehead atoms. The molecule has 1 saturated carbocycles. The lowest BCUT2D eigenvalue weighted by Crippen LogP contribution is -2.56. The van der Waals surface area contributed by atoms with Crippen molar-refractivity contribution < 1.29 is 51.8 Å². The minimum Gasteiger partial charge on any atom is -0.486 e. The molecule has 3 heterocycles. The molecule has 1 aromatic heterocycles. The van der Waals surface area contributed by atoms with Crippen LogP contribution < -0.4 is 26.4 Å². The number of nitrogen functional groups attached to an aromatic ring is 1. The standard InChI is InChI=1S/C50H46ClF2N9O9/c1-26(24-71-50(69)62-41(63)14-13-40(48(62)67)61-23-31-17-28(7-11-35(31)47(61)66)22-55-49(68)58-34-6-4-5-32(51)19-34)46(65)60(3)15-16-70-43-42(56-25-57-44(43)54)37-20-33(52)21-39(27(37)2)59-45(64)36-12-10-30(18-38(36)53)29-8-9-29/h4-7,10-12,17-21,25,29,40H,1,8-9,13-16,22-24H2,2-3H3,(H,59,64)(H2,54,56,57)(H2,55,58,68). The number of urea groups is 1. The second-order valence-corrected chi connectivity index (χ2v) is 17.6. The first-order chi connectivity index (χ1) is 34.0. The number of ether oxygens (including phenoxy) is 2. The van der Waals surface area contributed by atoms with Gasteiger partial charge in [-0.3, -0.25) is 24.0 Å². The van der Waals surface area contributed by atoms with Crippen LogP contribution in [0.3, 0.4) is 0 Å². The van der Waals surface area contributed by atoms with Gasteiger partial charge < -0.3 is 41.0 Å². The molecule has 5 N–H and O–H groups in total. The van der Waals surface area contributed by atoms with Crippen molar-refractivity contribution in [3.05, 3.63) is 141 Å². The zero-order valence-electron chi connectivity index (χ0n) is 38.4. The maximum Gasteiger partial charge on any atom is 0.423 e. The summed E-state index contributed by atoms with van der Waals surface area (Å²) in [5, 5.41) is 8.46. The summed E-state index contributed by atoms with van der Waals surface area (Å²) >= 11 is 5.99. The molecule has 8 rings (SSSR count). The Balaban J connectivity index is 0.833. The van der Waals surface area contributed by atoms with E-state index in [2.05, 4.69) is 32.5 Å². The van der Waals surface area contributed by atoms with E-state index in [9.17, 15) is 38.0 Å². The van der Waals surface area contributed by atoms with Gasteiger partial charge >= 0.3 is 12.1 Å². The van der Waals surface area contributed by atoms with Gasteiger partial charge in [0, 0.05) is 59.7 Å². The molecule has 2 fully saturated rings. The second kappa shape index (κ2) is 20.8. The maximum atomic E-state index is 15.1. The number of aromatic nitrogens is 2. The number of benzene rings is 4. The van der Waals surface area contributed by atoms with Crippen LogP contribution in [0.1, 0.15) is 74.6 Å². The number of piperidine rings is 1. The Morgan fingerprint density at radius 1 is 0.958 bits per heavy atom. The Morgan fingerprint density at radius 2 is 1.75 bits per heavy atom. The molecule has 1 unspecified atom stereocenters. The topological polar surface area (TPSA) is 236 Å². The highest BCUT2D eigenvalue weighted by Gasteiger charge is 2.46. The minimum absolute atomic E-state index is 0.00101. The van der Waals surface area contributed by atoms with Gasteiger partial charge in [-0.15, -0.1) is 0 Å². The van der Waals surface area contributed by atoms with Crippen molar-refractivity contribution >= 4 is 70.5 Å². The number of nitrogens with zero attached hydrogens (tertiary/aromatic N) is 5. The van der Waals surface area contributed by atoms with Crippen LogP contribution in [0.25, 0.3) is 11.3 Å². The van der Waals surface area contributed by atoms with Gasteiger partial charge in [0.1, 0.15) is 42.9 Å². The van der Waals surface area contributed by atoms with Crippen molar-refractivity contribution in [2.75, 3.05) is 43.2 Å². The lowest BCUT2D eigenvalue weighted by Gasteiger charge is -2.33. The van der Waals surface area contributed by atoms with E-state index in [1.807, 2.05) is 0 Å². The average molecular weight is 990 g/mol. The molecule has 5 aromatic rings. The maximum absolute atomic E-state index is 15.1. The summed E-state index contributed by atoms with van der Waals surface area (Å²) in [7, 11) is 1.41. The predicted octanol–water partition coefficient (Wildman–Crippen LogP) is 7.12. The molecule has 3 aliphatic rings. The van der Waals surface area contributed by atoms with E-state index in [0.717, 1.165) is 36.9 Å². The number of halogens is 3. The Kier molecular flexibility index (Phi) is 14.4. The third-order valence-electron chi connectivity index (χ3n) is 12.2. The van der Waals surface area contributed by atoms with Gasteiger partial charge in [0.05, 0.1) is 12.1 Å². The third-order valence-corrected chi connectivity index (χ3v) is 12.4. The molecule has 1 saturated heterocycles. The molecule has 18 nitrogen and oxygen atoms in total. The molecule has 366 valence electrons. The summed E-state index contributed by atoms with van der Waals surface area (Å²) in [5.74, 6) is -5.11. The van der Waals surface area contributed by atoms with E-state index in [1.165, 1.54) is 29.0 Å². The fourth-order valence-corrected chi connectivity index (χ4v) is 8.40. The number of rotatable bonds is 15. The molecule has 1 aliphatic carbocycles. The lowest BCUT2D eigenvalue weighted by atomic mass is 10.0. The van der Waals surface area contributed by atoms with Gasteiger partial charge in [-0.25, -0.2) is 28.3 Å². The summed E-state index contributed by atoms with van der Waals surface area (Å²) in [4.78, 5) is 103. The number of carbonyl (C=O) groups is 7. The van der Waals surface area contributed by atoms with E-state index >= 15 is 4.39 Å². The molecule has 21 heteroatoms. The Labute approximate surface area is 410 Å². The zero-order valence-corrected chi connectivity index (χ0v) is 39.1. The van der Waals surface area contributed by atoms with Gasteiger partial charge in [-0.05, 0) is 103 Å². The number of hydrogen-bond acceptors (Lipinski definition) is 12. The number of likely N-dealkylation sites (tertiary alicyclic amines) is 1. The van der Waals surface area contributed by atoms with Gasteiger partial charge in [-0.1, -0.05) is 42.4 Å². The zero-order chi connectivity index (χ0) is 50.7. The van der Waals surface area contributed by atoms with Crippen molar-refractivity contribution in [3.63, 3.8) is 0 Å². The first kappa shape index (κ1) is 49.2. The Morgan fingerprint density at radius 3 is 2.49 bits per heavy atom. The highest BCUT2D eigenvalue weighted by atomic mass is 35.5. The summed E-state index contributed by atoms with van der Waals surface area (Å²) in [6.45, 7) is 4.42. The van der Waals surface area contributed by atoms with Crippen molar-refractivity contribution in [1.29, 1.82) is 0 Å². The van der Waals surface area contributed by atoms with Crippen LogP contribution in [-0.4, -0.2) is 99.2 Å². The Bertz CT molecular complexity index is 3040. The highest BCUT2D eigenvalue weighted by Crippen LogP contribution is 2.41. The van der Waals surface area contributed by atoms with Gasteiger partial charge in [-0.2, -0.15) is 4.90 Å². The lowest BCUT2D eigenvalue weighted by molar-refractivity contribution is -0.149. The van der Waals surface area contributed by atoms with E-state index in [-0.39, 0.29) is 84.6 Å². The smallest absolute Gasteiger partial charge is 0.423 e. The predicted molar refractivity (Wildman–Crippen MR) is 255 cm³/mol. The first-order valence-electron chi connectivity index (χ1n) is 22.3. The number of amides is 8. The van der Waals surface area contributed by atoms with Crippen LogP contribution in [0, 0.1) is 18.6 Å². The quantitative estimate of drug-likeness (QED) is 0.0606. The third kappa shape index (κ3) is 11.0. The number of nitrogens with one attached hydrogen (secondary N) is 3. The van der Waals surface area contributed by atoms with E-state index in [4.69, 9.17) is 26.8 Å². The number of nitrogens with two attached hydrogens (primary N) is 1. The summed E-state index contributed by atoms with van der Waals surface area (Å²) in [6.07, 6.45) is 1.41. The van der Waals surface area contributed by atoms with Crippen LogP contribution in [0.5, 0.6) is 5.75 Å². The molecular weight excluding hydrogens is 944 g/mol. The number of hydrogen-bond donors (Lipinski definition) is 4. The first-order valence-corrected chi connectivity index (χ1v) is 22.7. The highest BCUT2D eigenvalue weighted by molar-refractivity contribution is 6.30. The SMILES string of the molecule is C=C(COC(=O)N1C(=O)CCC(N2Cc3cc(CNC(=O)Nc4cccc(Cl)c4)ccc3C2=O)C1=O)C(=O)N(C)CCOc1c(N)ncnc1-c1cc(F)cc(NC(=O)c2ccc(C3CC3)cc2F)c1C. The number of likely N-dealkylation sites (N-methyl/N-ethyl adjacent to an activating group) is 1. The minimum atomic E-state index is -1.35. The summed E-state index contributed by atoms with van der Waals surface area (Å²) < 4.78 is 41.2. The number of carbonyl (C=O) groups excluding carboxylic acids is 7. The normalized spacial score (nSPS) is 15.2. The van der Waals surface area contributed by atoms with Crippen LogP contribution in [-0.2, 0) is 32.2 Å². The number of imide groups is 3. The van der Waals surface area contributed by atoms with Crippen LogP contribution >= 0.6 is 11.6 Å². The number of anilines is 3. The van der Waals surface area contributed by atoms with Gasteiger partial charge in [0.15, 0.2) is 11.6 Å². The van der Waals surface area contributed by atoms with Crippen LogP contribution in [0.4, 0.5) is 35.6 Å². The molecule has 0 spiro atoms.